The van der Waals surface area contributed by atoms with Crippen LogP contribution in [0.1, 0.15) is 41.2 Å². The molecule has 1 fully saturated rings. The molecule has 6 nitrogen and oxygen atoms in total. The lowest BCUT2D eigenvalue weighted by atomic mass is 10.3. The van der Waals surface area contributed by atoms with E-state index in [-0.39, 0.29) is 0 Å². The maximum absolute atomic E-state index is 5.23. The number of thiophene rings is 1. The fourth-order valence-corrected chi connectivity index (χ4v) is 3.32. The van der Waals surface area contributed by atoms with Crippen molar-refractivity contribution in [1.82, 2.24) is 25.3 Å². The Morgan fingerprint density at radius 3 is 3.14 bits per heavy atom. The Morgan fingerprint density at radius 1 is 1.38 bits per heavy atom. The highest BCUT2D eigenvalue weighted by Crippen LogP contribution is 2.38. The van der Waals surface area contributed by atoms with Gasteiger partial charge in [-0.15, -0.1) is 16.4 Å². The van der Waals surface area contributed by atoms with E-state index in [2.05, 4.69) is 36.8 Å². The molecule has 0 bridgehead atoms. The zero-order valence-electron chi connectivity index (χ0n) is 11.2. The van der Waals surface area contributed by atoms with Gasteiger partial charge in [-0.3, -0.25) is 5.10 Å². The minimum absolute atomic E-state index is 0.522. The van der Waals surface area contributed by atoms with E-state index < -0.39 is 0 Å². The Labute approximate surface area is 129 Å². The monoisotopic (exact) mass is 319 g/mol. The van der Waals surface area contributed by atoms with Crippen LogP contribution in [0.2, 0.25) is 0 Å². The third kappa shape index (κ3) is 3.16. The van der Waals surface area contributed by atoms with E-state index in [0.29, 0.717) is 22.7 Å². The molecule has 4 rings (SSSR count). The summed E-state index contributed by atoms with van der Waals surface area (Å²) in [5.74, 6) is 3.50. The lowest BCUT2D eigenvalue weighted by Crippen LogP contribution is -1.87. The highest BCUT2D eigenvalue weighted by Gasteiger charge is 2.28. The summed E-state index contributed by atoms with van der Waals surface area (Å²) >= 11 is 3.23. The first-order valence-corrected chi connectivity index (χ1v) is 8.62. The standard InChI is InChI=1S/C13H13N5OS2/c1-2-9(20-5-1)6-10-14-13(17-16-10)21-7-11-15-12(18-19-11)8-3-4-8/h1-2,5,8H,3-4,6-7H2,(H,14,16,17). The van der Waals surface area contributed by atoms with Crippen LogP contribution in [-0.2, 0) is 12.2 Å². The summed E-state index contributed by atoms with van der Waals surface area (Å²) in [6, 6.07) is 4.14. The average Bonchev–Trinajstić information content (AvgIpc) is 2.94. The number of hydrogen-bond donors (Lipinski definition) is 1. The van der Waals surface area contributed by atoms with Gasteiger partial charge in [-0.1, -0.05) is 23.0 Å². The lowest BCUT2D eigenvalue weighted by Gasteiger charge is -1.91. The number of nitrogens with one attached hydrogen (secondary N) is 1. The smallest absolute Gasteiger partial charge is 0.237 e. The Balaban J connectivity index is 1.35. The summed E-state index contributed by atoms with van der Waals surface area (Å²) < 4.78 is 5.23. The van der Waals surface area contributed by atoms with Crippen LogP contribution < -0.4 is 0 Å². The molecule has 1 aliphatic carbocycles. The summed E-state index contributed by atoms with van der Waals surface area (Å²) in [6.45, 7) is 0. The number of aromatic amines is 1. The van der Waals surface area contributed by atoms with Crippen molar-refractivity contribution in [3.8, 4) is 0 Å². The summed E-state index contributed by atoms with van der Waals surface area (Å²) in [4.78, 5) is 10.1. The van der Waals surface area contributed by atoms with E-state index in [0.717, 1.165) is 18.1 Å². The van der Waals surface area contributed by atoms with Gasteiger partial charge in [-0.2, -0.15) is 4.98 Å². The summed E-state index contributed by atoms with van der Waals surface area (Å²) in [6.07, 6.45) is 3.15. The molecule has 0 unspecified atom stereocenters. The van der Waals surface area contributed by atoms with Crippen LogP contribution in [0.4, 0.5) is 0 Å². The molecule has 0 aromatic carbocycles. The van der Waals surface area contributed by atoms with Crippen LogP contribution >= 0.6 is 23.1 Å². The Morgan fingerprint density at radius 2 is 2.33 bits per heavy atom. The zero-order valence-corrected chi connectivity index (χ0v) is 12.8. The first kappa shape index (κ1) is 13.0. The van der Waals surface area contributed by atoms with E-state index in [9.17, 15) is 0 Å². The highest BCUT2D eigenvalue weighted by atomic mass is 32.2. The first-order chi connectivity index (χ1) is 10.4. The molecule has 3 aromatic rings. The van der Waals surface area contributed by atoms with Crippen molar-refractivity contribution in [3.05, 3.63) is 39.9 Å². The largest absolute Gasteiger partial charge is 0.338 e. The van der Waals surface area contributed by atoms with Crippen LogP contribution in [0, 0.1) is 0 Å². The van der Waals surface area contributed by atoms with Crippen LogP contribution in [0.3, 0.4) is 0 Å². The van der Waals surface area contributed by atoms with Crippen molar-refractivity contribution < 1.29 is 4.52 Å². The summed E-state index contributed by atoms with van der Waals surface area (Å²) in [5.41, 5.74) is 0. The van der Waals surface area contributed by atoms with Crippen molar-refractivity contribution >= 4 is 23.1 Å². The Hall–Kier alpha value is -1.67. The van der Waals surface area contributed by atoms with Crippen molar-refractivity contribution in [2.24, 2.45) is 0 Å². The van der Waals surface area contributed by atoms with Gasteiger partial charge in [0.15, 0.2) is 5.82 Å². The molecular formula is C13H13N5OS2. The van der Waals surface area contributed by atoms with Crippen molar-refractivity contribution in [2.75, 3.05) is 0 Å². The van der Waals surface area contributed by atoms with Gasteiger partial charge in [-0.05, 0) is 24.3 Å². The minimum Gasteiger partial charge on any atom is -0.338 e. The van der Waals surface area contributed by atoms with Crippen molar-refractivity contribution in [2.45, 2.75) is 36.1 Å². The van der Waals surface area contributed by atoms with E-state index in [1.807, 2.05) is 6.07 Å². The Kier molecular flexibility index (Phi) is 3.48. The highest BCUT2D eigenvalue weighted by molar-refractivity contribution is 7.98. The maximum Gasteiger partial charge on any atom is 0.237 e. The van der Waals surface area contributed by atoms with E-state index in [1.54, 1.807) is 11.3 Å². The Bertz CT molecular complexity index is 717. The van der Waals surface area contributed by atoms with E-state index in [4.69, 9.17) is 4.52 Å². The average molecular weight is 319 g/mol. The molecule has 8 heteroatoms. The molecule has 108 valence electrons. The normalized spacial score (nSPS) is 14.7. The van der Waals surface area contributed by atoms with Gasteiger partial charge in [0, 0.05) is 17.2 Å². The van der Waals surface area contributed by atoms with Crippen LogP contribution in [0.5, 0.6) is 0 Å². The molecule has 21 heavy (non-hydrogen) atoms. The van der Waals surface area contributed by atoms with Crippen LogP contribution in [-0.4, -0.2) is 25.3 Å². The van der Waals surface area contributed by atoms with Gasteiger partial charge in [0.25, 0.3) is 0 Å². The third-order valence-corrected chi connectivity index (χ3v) is 4.89. The third-order valence-electron chi connectivity index (χ3n) is 3.18. The second kappa shape index (κ2) is 5.61. The van der Waals surface area contributed by atoms with Crippen molar-refractivity contribution in [1.29, 1.82) is 0 Å². The first-order valence-electron chi connectivity index (χ1n) is 6.76. The molecule has 1 saturated carbocycles. The van der Waals surface area contributed by atoms with E-state index >= 15 is 0 Å². The lowest BCUT2D eigenvalue weighted by molar-refractivity contribution is 0.385. The molecule has 0 aliphatic heterocycles. The minimum atomic E-state index is 0.522. The molecule has 3 aromatic heterocycles. The summed E-state index contributed by atoms with van der Waals surface area (Å²) in [7, 11) is 0. The van der Waals surface area contributed by atoms with Gasteiger partial charge in [0.05, 0.1) is 5.75 Å². The molecule has 0 saturated heterocycles. The van der Waals surface area contributed by atoms with Gasteiger partial charge < -0.3 is 4.52 Å². The fourth-order valence-electron chi connectivity index (χ4n) is 1.96. The number of nitrogens with zero attached hydrogens (tertiary/aromatic N) is 4. The number of aromatic nitrogens is 5. The fraction of sp³-hybridized carbons (Fsp3) is 0.385. The van der Waals surface area contributed by atoms with Gasteiger partial charge in [0.2, 0.25) is 11.0 Å². The van der Waals surface area contributed by atoms with Gasteiger partial charge >= 0.3 is 0 Å². The number of hydrogen-bond acceptors (Lipinski definition) is 7. The van der Waals surface area contributed by atoms with Crippen LogP contribution in [0.25, 0.3) is 0 Å². The zero-order chi connectivity index (χ0) is 14.1. The number of thioether (sulfide) groups is 1. The predicted octanol–water partition coefficient (Wildman–Crippen LogP) is 3.01. The van der Waals surface area contributed by atoms with Crippen LogP contribution in [0.15, 0.2) is 27.2 Å². The van der Waals surface area contributed by atoms with Gasteiger partial charge in [-0.25, -0.2) is 4.98 Å². The van der Waals surface area contributed by atoms with E-state index in [1.165, 1.54) is 29.5 Å². The maximum atomic E-state index is 5.23. The SMILES string of the molecule is c1csc(Cc2nc(SCc3nc(C4CC4)no3)n[nH]2)c1. The van der Waals surface area contributed by atoms with Gasteiger partial charge in [0.1, 0.15) is 5.82 Å². The number of H-pyrrole nitrogens is 1. The molecule has 0 radical (unpaired) electrons. The molecule has 0 amide bonds. The molecule has 3 heterocycles. The van der Waals surface area contributed by atoms with Crippen molar-refractivity contribution in [3.63, 3.8) is 0 Å². The molecular weight excluding hydrogens is 306 g/mol. The predicted molar refractivity (Wildman–Crippen MR) is 79.3 cm³/mol. The molecule has 0 atom stereocenters. The summed E-state index contributed by atoms with van der Waals surface area (Å²) in [5, 5.41) is 14.0. The molecule has 1 aliphatic rings. The second-order valence-electron chi connectivity index (χ2n) is 4.93. The second-order valence-corrected chi connectivity index (χ2v) is 6.90. The topological polar surface area (TPSA) is 80.5 Å². The quantitative estimate of drug-likeness (QED) is 0.703. The molecule has 1 N–H and O–H groups in total. The number of rotatable bonds is 6. The molecule has 0 spiro atoms.